The van der Waals surface area contributed by atoms with Crippen LogP contribution in [0.1, 0.15) is 39.2 Å². The molecule has 0 aromatic heterocycles. The van der Waals surface area contributed by atoms with E-state index >= 15 is 0 Å². The topological polar surface area (TPSA) is 98.7 Å². The van der Waals surface area contributed by atoms with Crippen LogP contribution in [0.2, 0.25) is 0 Å². The Morgan fingerprint density at radius 3 is 2.75 bits per heavy atom. The molecule has 7 nitrogen and oxygen atoms in total. The third kappa shape index (κ3) is 4.44. The largest absolute Gasteiger partial charge is 0.491 e. The van der Waals surface area contributed by atoms with Gasteiger partial charge < -0.3 is 10.5 Å². The summed E-state index contributed by atoms with van der Waals surface area (Å²) in [5.74, 6) is 0.183. The maximum Gasteiger partial charge on any atom is 0.270 e. The monoisotopic (exact) mass is 335 g/mol. The Balaban J connectivity index is 2.26. The first kappa shape index (κ1) is 18.2. The average molecular weight is 335 g/mol. The zero-order valence-corrected chi connectivity index (χ0v) is 14.4. The first-order valence-corrected chi connectivity index (χ1v) is 8.25. The number of carbonyl (C=O) groups excluding carboxylic acids is 1. The number of nitrogens with zero attached hydrogens (tertiary/aromatic N) is 2. The van der Waals surface area contributed by atoms with Crippen molar-refractivity contribution in [2.45, 2.75) is 52.3 Å². The van der Waals surface area contributed by atoms with Crippen LogP contribution >= 0.6 is 0 Å². The number of nitro groups is 1. The predicted molar refractivity (Wildman–Crippen MR) is 90.7 cm³/mol. The Morgan fingerprint density at radius 1 is 1.46 bits per heavy atom. The fraction of sp³-hybridized carbons (Fsp3) is 0.588. The van der Waals surface area contributed by atoms with Gasteiger partial charge in [0.05, 0.1) is 16.9 Å². The number of carbonyl (C=O) groups is 1. The van der Waals surface area contributed by atoms with E-state index in [1.165, 1.54) is 6.07 Å². The molecule has 0 bridgehead atoms. The van der Waals surface area contributed by atoms with Gasteiger partial charge in [0.15, 0.2) is 0 Å². The quantitative estimate of drug-likeness (QED) is 0.636. The van der Waals surface area contributed by atoms with Gasteiger partial charge in [0.2, 0.25) is 5.91 Å². The van der Waals surface area contributed by atoms with E-state index in [0.29, 0.717) is 18.8 Å². The number of non-ortho nitro benzene ring substituents is 1. The normalized spacial score (nSPS) is 21.7. The van der Waals surface area contributed by atoms with Crippen molar-refractivity contribution in [3.8, 4) is 5.75 Å². The Morgan fingerprint density at radius 2 is 2.17 bits per heavy atom. The van der Waals surface area contributed by atoms with Gasteiger partial charge in [0.25, 0.3) is 5.69 Å². The summed E-state index contributed by atoms with van der Waals surface area (Å²) in [4.78, 5) is 24.3. The van der Waals surface area contributed by atoms with E-state index in [2.05, 4.69) is 11.8 Å². The summed E-state index contributed by atoms with van der Waals surface area (Å²) in [5.41, 5.74) is 6.25. The molecule has 7 heteroatoms. The number of rotatable bonds is 6. The molecule has 0 unspecified atom stereocenters. The number of likely N-dealkylation sites (tertiary alicyclic amines) is 1. The summed E-state index contributed by atoms with van der Waals surface area (Å²) in [6.07, 6.45) is 1.64. The molecule has 2 N–H and O–H groups in total. The summed E-state index contributed by atoms with van der Waals surface area (Å²) in [6, 6.07) is 4.94. The third-order valence-corrected chi connectivity index (χ3v) is 4.40. The van der Waals surface area contributed by atoms with Crippen LogP contribution in [0.5, 0.6) is 5.75 Å². The molecule has 1 aliphatic heterocycles. The summed E-state index contributed by atoms with van der Waals surface area (Å²) >= 11 is 0. The Labute approximate surface area is 141 Å². The smallest absolute Gasteiger partial charge is 0.270 e. The second kappa shape index (κ2) is 7.61. The number of hydrogen-bond donors (Lipinski definition) is 1. The van der Waals surface area contributed by atoms with Crippen LogP contribution in [-0.4, -0.2) is 34.4 Å². The highest BCUT2D eigenvalue weighted by molar-refractivity contribution is 5.77. The number of piperidine rings is 1. The lowest BCUT2D eigenvalue weighted by molar-refractivity contribution is -0.385. The lowest BCUT2D eigenvalue weighted by Gasteiger charge is -2.37. The van der Waals surface area contributed by atoms with E-state index in [-0.39, 0.29) is 29.7 Å². The number of benzene rings is 1. The van der Waals surface area contributed by atoms with Crippen molar-refractivity contribution < 1.29 is 14.5 Å². The molecule has 2 rings (SSSR count). The molecule has 1 fully saturated rings. The van der Waals surface area contributed by atoms with Gasteiger partial charge >= 0.3 is 0 Å². The van der Waals surface area contributed by atoms with Gasteiger partial charge in [-0.05, 0) is 39.7 Å². The molecule has 0 spiro atoms. The highest BCUT2D eigenvalue weighted by atomic mass is 16.6. The summed E-state index contributed by atoms with van der Waals surface area (Å²) in [5, 5.41) is 11.1. The van der Waals surface area contributed by atoms with Crippen molar-refractivity contribution >= 4 is 11.6 Å². The summed E-state index contributed by atoms with van der Waals surface area (Å²) in [6.45, 7) is 6.99. The second-order valence-corrected chi connectivity index (χ2v) is 6.67. The van der Waals surface area contributed by atoms with Crippen molar-refractivity contribution in [3.05, 3.63) is 33.9 Å². The molecule has 2 atom stereocenters. The van der Waals surface area contributed by atoms with E-state index in [4.69, 9.17) is 10.5 Å². The molecule has 24 heavy (non-hydrogen) atoms. The van der Waals surface area contributed by atoms with Crippen molar-refractivity contribution in [2.75, 3.05) is 6.54 Å². The van der Waals surface area contributed by atoms with Gasteiger partial charge in [-0.2, -0.15) is 0 Å². The maximum atomic E-state index is 11.5. The molecule has 132 valence electrons. The van der Waals surface area contributed by atoms with Crippen molar-refractivity contribution in [1.29, 1.82) is 0 Å². The number of hydrogen-bond acceptors (Lipinski definition) is 5. The fourth-order valence-electron chi connectivity index (χ4n) is 3.02. The number of primary amides is 1. The number of amides is 1. The first-order valence-electron chi connectivity index (χ1n) is 8.25. The number of nitro benzene ring substituents is 1. The van der Waals surface area contributed by atoms with Crippen molar-refractivity contribution in [1.82, 2.24) is 4.90 Å². The van der Waals surface area contributed by atoms with Crippen LogP contribution in [0, 0.1) is 16.0 Å². The molecule has 0 radical (unpaired) electrons. The lowest BCUT2D eigenvalue weighted by atomic mass is 9.92. The zero-order valence-electron chi connectivity index (χ0n) is 14.4. The fourth-order valence-corrected chi connectivity index (χ4v) is 3.02. The molecule has 0 saturated carbocycles. The van der Waals surface area contributed by atoms with E-state index < -0.39 is 4.92 Å². The Bertz CT molecular complexity index is 618. The van der Waals surface area contributed by atoms with Crippen LogP contribution in [-0.2, 0) is 11.3 Å². The molecule has 1 heterocycles. The van der Waals surface area contributed by atoms with Crippen LogP contribution in [0.3, 0.4) is 0 Å². The summed E-state index contributed by atoms with van der Waals surface area (Å²) < 4.78 is 5.79. The van der Waals surface area contributed by atoms with Gasteiger partial charge in [-0.1, -0.05) is 0 Å². The highest BCUT2D eigenvalue weighted by Crippen LogP contribution is 2.30. The maximum absolute atomic E-state index is 11.5. The third-order valence-electron chi connectivity index (χ3n) is 4.40. The van der Waals surface area contributed by atoms with Gasteiger partial charge in [0, 0.05) is 36.8 Å². The lowest BCUT2D eigenvalue weighted by Crippen LogP contribution is -2.45. The molecule has 0 aliphatic carbocycles. The van der Waals surface area contributed by atoms with Crippen molar-refractivity contribution in [2.24, 2.45) is 11.7 Å². The first-order chi connectivity index (χ1) is 11.3. The van der Waals surface area contributed by atoms with E-state index in [1.54, 1.807) is 12.1 Å². The Kier molecular flexibility index (Phi) is 5.77. The number of ether oxygens (including phenoxy) is 1. The SMILES string of the molecule is CC(C)Oc1ccc([N+](=O)[O-])cc1CN1C[C@H](C(N)=O)CC[C@H]1C. The minimum Gasteiger partial charge on any atom is -0.491 e. The predicted octanol–water partition coefficient (Wildman–Crippen LogP) is 2.47. The summed E-state index contributed by atoms with van der Waals surface area (Å²) in [7, 11) is 0. The zero-order chi connectivity index (χ0) is 17.9. The molecular formula is C17H25N3O4. The Hall–Kier alpha value is -2.15. The van der Waals surface area contributed by atoms with Crippen LogP contribution in [0.25, 0.3) is 0 Å². The molecular weight excluding hydrogens is 310 g/mol. The van der Waals surface area contributed by atoms with E-state index in [9.17, 15) is 14.9 Å². The molecule has 1 aromatic carbocycles. The van der Waals surface area contributed by atoms with E-state index in [0.717, 1.165) is 18.4 Å². The van der Waals surface area contributed by atoms with Crippen LogP contribution in [0.4, 0.5) is 5.69 Å². The van der Waals surface area contributed by atoms with Crippen molar-refractivity contribution in [3.63, 3.8) is 0 Å². The average Bonchev–Trinajstić information content (AvgIpc) is 2.50. The minimum absolute atomic E-state index is 0.0256. The van der Waals surface area contributed by atoms with Gasteiger partial charge in [0.1, 0.15) is 5.75 Å². The van der Waals surface area contributed by atoms with Crippen LogP contribution < -0.4 is 10.5 Å². The highest BCUT2D eigenvalue weighted by Gasteiger charge is 2.29. The number of nitrogens with two attached hydrogens (primary N) is 1. The van der Waals surface area contributed by atoms with Gasteiger partial charge in [-0.25, -0.2) is 0 Å². The van der Waals surface area contributed by atoms with E-state index in [1.807, 2.05) is 13.8 Å². The van der Waals surface area contributed by atoms with Gasteiger partial charge in [-0.15, -0.1) is 0 Å². The second-order valence-electron chi connectivity index (χ2n) is 6.67. The van der Waals surface area contributed by atoms with Crippen LogP contribution in [0.15, 0.2) is 18.2 Å². The molecule has 1 aromatic rings. The minimum atomic E-state index is -0.408. The molecule has 1 saturated heterocycles. The standard InChI is InChI=1S/C17H25N3O4/c1-11(2)24-16-7-6-15(20(22)23)8-14(16)10-19-9-13(17(18)21)5-4-12(19)3/h6-8,11-13H,4-5,9-10H2,1-3H3,(H2,18,21)/t12-,13-/m1/s1. The van der Waals surface area contributed by atoms with Gasteiger partial charge in [-0.3, -0.25) is 19.8 Å². The molecule has 1 amide bonds. The molecule has 1 aliphatic rings.